The second-order valence-corrected chi connectivity index (χ2v) is 7.28. The summed E-state index contributed by atoms with van der Waals surface area (Å²) in [5, 5.41) is 4.80. The van der Waals surface area contributed by atoms with Crippen LogP contribution in [0.25, 0.3) is 10.9 Å². The van der Waals surface area contributed by atoms with Crippen LogP contribution < -0.4 is 11.0 Å². The minimum absolute atomic E-state index is 0.0340. The first-order valence-corrected chi connectivity index (χ1v) is 9.40. The monoisotopic (exact) mass is 374 g/mol. The van der Waals surface area contributed by atoms with Gasteiger partial charge < -0.3 is 0 Å². The summed E-state index contributed by atoms with van der Waals surface area (Å²) in [7, 11) is 0. The van der Waals surface area contributed by atoms with Gasteiger partial charge in [-0.1, -0.05) is 17.7 Å². The van der Waals surface area contributed by atoms with Crippen molar-refractivity contribution in [2.75, 3.05) is 0 Å². The lowest BCUT2D eigenvalue weighted by molar-refractivity contribution is 0.0955. The van der Waals surface area contributed by atoms with E-state index in [0.717, 1.165) is 41.1 Å². The molecule has 1 amide bonds. The van der Waals surface area contributed by atoms with E-state index in [1.807, 2.05) is 39.0 Å². The lowest BCUT2D eigenvalue weighted by Gasteiger charge is -2.08. The molecule has 1 aromatic heterocycles. The summed E-state index contributed by atoms with van der Waals surface area (Å²) in [6, 6.07) is 11.1. The van der Waals surface area contributed by atoms with Crippen molar-refractivity contribution in [1.29, 1.82) is 0 Å². The zero-order valence-corrected chi connectivity index (χ0v) is 16.2. The Balaban J connectivity index is 1.61. The largest absolute Gasteiger partial charge is 0.296 e. The third kappa shape index (κ3) is 3.22. The summed E-state index contributed by atoms with van der Waals surface area (Å²) < 4.78 is 1.72. The molecule has 0 atom stereocenters. The molecule has 0 spiro atoms. The van der Waals surface area contributed by atoms with Gasteiger partial charge in [-0.2, -0.15) is 5.10 Å². The number of aryl methyl sites for hydroxylation is 3. The standard InChI is InChI=1S/C22H22N4O2/c1-13-6-7-14(2)18(11-13)15(3)24-25-21(27)16-8-9-17-19(12-16)23-20-5-4-10-26(20)22(17)28/h6-9,11-12H,4-5,10H2,1-3H3,(H,25,27)/b24-15-. The average Bonchev–Trinajstić information content (AvgIpc) is 3.16. The molecule has 28 heavy (non-hydrogen) atoms. The summed E-state index contributed by atoms with van der Waals surface area (Å²) in [6.45, 7) is 6.62. The highest BCUT2D eigenvalue weighted by Crippen LogP contribution is 2.16. The Morgan fingerprint density at radius 3 is 2.82 bits per heavy atom. The van der Waals surface area contributed by atoms with E-state index >= 15 is 0 Å². The average molecular weight is 374 g/mol. The first-order valence-electron chi connectivity index (χ1n) is 9.40. The summed E-state index contributed by atoms with van der Waals surface area (Å²) in [6.07, 6.45) is 1.72. The number of rotatable bonds is 3. The molecule has 1 N–H and O–H groups in total. The van der Waals surface area contributed by atoms with E-state index in [1.54, 1.807) is 22.8 Å². The van der Waals surface area contributed by atoms with Crippen LogP contribution >= 0.6 is 0 Å². The van der Waals surface area contributed by atoms with Gasteiger partial charge in [-0.3, -0.25) is 14.2 Å². The van der Waals surface area contributed by atoms with E-state index in [0.29, 0.717) is 23.0 Å². The number of amides is 1. The number of nitrogens with zero attached hydrogens (tertiary/aromatic N) is 3. The molecule has 0 aliphatic carbocycles. The first kappa shape index (κ1) is 18.1. The lowest BCUT2D eigenvalue weighted by atomic mass is 10.0. The third-order valence-corrected chi connectivity index (χ3v) is 5.19. The highest BCUT2D eigenvalue weighted by molar-refractivity contribution is 6.02. The van der Waals surface area contributed by atoms with Crippen molar-refractivity contribution in [3.63, 3.8) is 0 Å². The fourth-order valence-electron chi connectivity index (χ4n) is 3.61. The fourth-order valence-corrected chi connectivity index (χ4v) is 3.61. The quantitative estimate of drug-likeness (QED) is 0.565. The van der Waals surface area contributed by atoms with Crippen LogP contribution in [0.2, 0.25) is 0 Å². The van der Waals surface area contributed by atoms with E-state index < -0.39 is 0 Å². The van der Waals surface area contributed by atoms with Crippen LogP contribution in [0.15, 0.2) is 46.3 Å². The van der Waals surface area contributed by atoms with Crippen LogP contribution in [-0.4, -0.2) is 21.2 Å². The van der Waals surface area contributed by atoms with Crippen LogP contribution in [-0.2, 0) is 13.0 Å². The van der Waals surface area contributed by atoms with Gasteiger partial charge in [0.25, 0.3) is 11.5 Å². The molecular weight excluding hydrogens is 352 g/mol. The van der Waals surface area contributed by atoms with Gasteiger partial charge in [0, 0.05) is 24.1 Å². The van der Waals surface area contributed by atoms with E-state index in [1.165, 1.54) is 0 Å². The number of benzene rings is 2. The molecule has 3 aromatic rings. The van der Waals surface area contributed by atoms with Gasteiger partial charge in [0.1, 0.15) is 5.82 Å². The number of carbonyl (C=O) groups excluding carboxylic acids is 1. The Labute approximate surface area is 162 Å². The Kier molecular flexibility index (Phi) is 4.55. The first-order chi connectivity index (χ1) is 13.4. The predicted octanol–water partition coefficient (Wildman–Crippen LogP) is 3.11. The van der Waals surface area contributed by atoms with E-state index in [-0.39, 0.29) is 11.5 Å². The van der Waals surface area contributed by atoms with Gasteiger partial charge in [0.05, 0.1) is 16.6 Å². The van der Waals surface area contributed by atoms with Crippen LogP contribution in [0.1, 0.15) is 46.2 Å². The second-order valence-electron chi connectivity index (χ2n) is 7.28. The zero-order chi connectivity index (χ0) is 19.8. The maximum absolute atomic E-state index is 12.6. The number of hydrazone groups is 1. The van der Waals surface area contributed by atoms with E-state index in [4.69, 9.17) is 0 Å². The Bertz CT molecular complexity index is 1190. The van der Waals surface area contributed by atoms with Crippen LogP contribution in [0, 0.1) is 13.8 Å². The normalized spacial score (nSPS) is 13.6. The highest BCUT2D eigenvalue weighted by Gasteiger charge is 2.17. The van der Waals surface area contributed by atoms with Crippen molar-refractivity contribution in [2.45, 2.75) is 40.2 Å². The molecule has 6 nitrogen and oxygen atoms in total. The third-order valence-electron chi connectivity index (χ3n) is 5.19. The van der Waals surface area contributed by atoms with Crippen LogP contribution in [0.5, 0.6) is 0 Å². The number of nitrogens with one attached hydrogen (secondary N) is 1. The minimum Gasteiger partial charge on any atom is -0.296 e. The Morgan fingerprint density at radius 2 is 2.00 bits per heavy atom. The Morgan fingerprint density at radius 1 is 1.18 bits per heavy atom. The molecule has 1 aliphatic rings. The molecule has 2 heterocycles. The molecule has 0 saturated heterocycles. The van der Waals surface area contributed by atoms with Crippen molar-refractivity contribution in [3.05, 3.63) is 74.8 Å². The summed E-state index contributed by atoms with van der Waals surface area (Å²) in [5.74, 6) is 0.466. The maximum atomic E-state index is 12.6. The second kappa shape index (κ2) is 7.03. The Hall–Kier alpha value is -3.28. The molecule has 0 radical (unpaired) electrons. The maximum Gasteiger partial charge on any atom is 0.271 e. The molecule has 4 rings (SSSR count). The minimum atomic E-state index is -0.325. The van der Waals surface area contributed by atoms with Crippen molar-refractivity contribution in [1.82, 2.24) is 15.0 Å². The SMILES string of the molecule is C/C(=N/NC(=O)c1ccc2c(=O)n3c(nc2c1)CCC3)c1cc(C)ccc1C. The van der Waals surface area contributed by atoms with Gasteiger partial charge in [-0.25, -0.2) is 10.4 Å². The topological polar surface area (TPSA) is 76.3 Å². The summed E-state index contributed by atoms with van der Waals surface area (Å²) in [5.41, 5.74) is 7.55. The van der Waals surface area contributed by atoms with Crippen molar-refractivity contribution in [2.24, 2.45) is 5.10 Å². The van der Waals surface area contributed by atoms with Gasteiger partial charge in [0.15, 0.2) is 0 Å². The number of fused-ring (bicyclic) bond motifs is 2. The highest BCUT2D eigenvalue weighted by atomic mass is 16.2. The van der Waals surface area contributed by atoms with Crippen molar-refractivity contribution in [3.8, 4) is 0 Å². The van der Waals surface area contributed by atoms with Crippen LogP contribution in [0.4, 0.5) is 0 Å². The summed E-state index contributed by atoms with van der Waals surface area (Å²) >= 11 is 0. The van der Waals surface area contributed by atoms with Gasteiger partial charge in [-0.15, -0.1) is 0 Å². The summed E-state index contributed by atoms with van der Waals surface area (Å²) in [4.78, 5) is 29.7. The molecule has 1 aliphatic heterocycles. The van der Waals surface area contributed by atoms with E-state index in [9.17, 15) is 9.59 Å². The molecule has 0 fully saturated rings. The van der Waals surface area contributed by atoms with Crippen LogP contribution in [0.3, 0.4) is 0 Å². The molecule has 142 valence electrons. The molecule has 6 heteroatoms. The van der Waals surface area contributed by atoms with Crippen molar-refractivity contribution >= 4 is 22.5 Å². The van der Waals surface area contributed by atoms with Gasteiger partial charge in [0.2, 0.25) is 0 Å². The molecular formula is C22H22N4O2. The number of hydrogen-bond acceptors (Lipinski definition) is 4. The van der Waals surface area contributed by atoms with Gasteiger partial charge in [-0.05, 0) is 57.0 Å². The molecule has 2 aromatic carbocycles. The zero-order valence-electron chi connectivity index (χ0n) is 16.2. The number of hydrogen-bond donors (Lipinski definition) is 1. The predicted molar refractivity (Wildman–Crippen MR) is 110 cm³/mol. The molecule has 0 bridgehead atoms. The molecule has 0 saturated carbocycles. The smallest absolute Gasteiger partial charge is 0.271 e. The number of carbonyl (C=O) groups is 1. The van der Waals surface area contributed by atoms with E-state index in [2.05, 4.69) is 15.5 Å². The fraction of sp³-hybridized carbons (Fsp3) is 0.273. The van der Waals surface area contributed by atoms with Gasteiger partial charge >= 0.3 is 0 Å². The lowest BCUT2D eigenvalue weighted by Crippen LogP contribution is -2.22. The number of aromatic nitrogens is 2. The van der Waals surface area contributed by atoms with Crippen molar-refractivity contribution < 1.29 is 4.79 Å². The molecule has 0 unspecified atom stereocenters.